The quantitative estimate of drug-likeness (QED) is 0.0867. The SMILES string of the molecule is C=C/C=C\C(=C/C)N1C(=O)/C(=C/c2cc(Br)c(OCc3ccccc3C#N)c(Br)c2)C(=O)N=C1SCC(=O)NC(c1ccccc1)c1ccccc1. The molecule has 8 nitrogen and oxygen atoms in total. The summed E-state index contributed by atoms with van der Waals surface area (Å²) < 4.78 is 7.16. The van der Waals surface area contributed by atoms with E-state index in [1.807, 2.05) is 72.8 Å². The topological polar surface area (TPSA) is 112 Å². The van der Waals surface area contributed by atoms with Gasteiger partial charge in [0.05, 0.1) is 32.4 Å². The number of allylic oxidation sites excluding steroid dienone is 4. The summed E-state index contributed by atoms with van der Waals surface area (Å²) >= 11 is 8.08. The molecule has 52 heavy (non-hydrogen) atoms. The number of nitrogens with zero attached hydrogens (tertiary/aromatic N) is 3. The highest BCUT2D eigenvalue weighted by Gasteiger charge is 2.35. The molecular weight excluding hydrogens is 804 g/mol. The van der Waals surface area contributed by atoms with Gasteiger partial charge in [0.25, 0.3) is 11.8 Å². The fourth-order valence-electron chi connectivity index (χ4n) is 5.27. The van der Waals surface area contributed by atoms with Gasteiger partial charge in [-0.3, -0.25) is 19.3 Å². The molecule has 4 aromatic rings. The van der Waals surface area contributed by atoms with Crippen LogP contribution in [0.3, 0.4) is 0 Å². The first kappa shape index (κ1) is 38.0. The van der Waals surface area contributed by atoms with Gasteiger partial charge in [0.2, 0.25) is 5.91 Å². The monoisotopic (exact) mass is 834 g/mol. The minimum Gasteiger partial charge on any atom is -0.486 e. The summed E-state index contributed by atoms with van der Waals surface area (Å²) in [5.41, 5.74) is 3.89. The normalized spacial score (nSPS) is 14.1. The number of aliphatic imine (C=N–C) groups is 1. The van der Waals surface area contributed by atoms with Crippen LogP contribution >= 0.6 is 43.6 Å². The van der Waals surface area contributed by atoms with Crippen LogP contribution in [-0.4, -0.2) is 33.5 Å². The number of nitriles is 1. The van der Waals surface area contributed by atoms with Crippen molar-refractivity contribution < 1.29 is 19.1 Å². The van der Waals surface area contributed by atoms with Gasteiger partial charge >= 0.3 is 0 Å². The molecule has 1 N–H and O–H groups in total. The number of benzene rings is 4. The largest absolute Gasteiger partial charge is 0.486 e. The van der Waals surface area contributed by atoms with Crippen molar-refractivity contribution in [3.63, 3.8) is 0 Å². The first-order valence-corrected chi connectivity index (χ1v) is 18.6. The van der Waals surface area contributed by atoms with Crippen LogP contribution in [0.25, 0.3) is 6.08 Å². The van der Waals surface area contributed by atoms with Gasteiger partial charge in [-0.25, -0.2) is 0 Å². The van der Waals surface area contributed by atoms with E-state index >= 15 is 0 Å². The Hall–Kier alpha value is -5.28. The van der Waals surface area contributed by atoms with Crippen molar-refractivity contribution in [2.75, 3.05) is 5.75 Å². The highest BCUT2D eigenvalue weighted by atomic mass is 79.9. The van der Waals surface area contributed by atoms with Crippen LogP contribution in [0, 0.1) is 11.3 Å². The Bertz CT molecular complexity index is 2100. The van der Waals surface area contributed by atoms with Crippen LogP contribution in [0.15, 0.2) is 153 Å². The Labute approximate surface area is 323 Å². The molecule has 0 atom stereocenters. The molecule has 0 saturated heterocycles. The molecule has 0 spiro atoms. The fourth-order valence-corrected chi connectivity index (χ4v) is 7.52. The van der Waals surface area contributed by atoms with Crippen LogP contribution in [-0.2, 0) is 21.0 Å². The third-order valence-corrected chi connectivity index (χ3v) is 9.87. The third kappa shape index (κ3) is 9.33. The molecule has 11 heteroatoms. The smallest absolute Gasteiger partial charge is 0.285 e. The van der Waals surface area contributed by atoms with Gasteiger partial charge in [-0.05, 0) is 85.8 Å². The first-order chi connectivity index (χ1) is 25.2. The number of hydrogen-bond acceptors (Lipinski definition) is 6. The summed E-state index contributed by atoms with van der Waals surface area (Å²) in [6, 6.07) is 31.6. The van der Waals surface area contributed by atoms with Gasteiger partial charge in [-0.1, -0.05) is 115 Å². The zero-order chi connectivity index (χ0) is 37.0. The molecule has 0 bridgehead atoms. The molecule has 0 radical (unpaired) electrons. The molecule has 3 amide bonds. The molecule has 5 rings (SSSR count). The molecule has 260 valence electrons. The van der Waals surface area contributed by atoms with E-state index in [-0.39, 0.29) is 29.0 Å². The highest BCUT2D eigenvalue weighted by molar-refractivity contribution is 9.11. The van der Waals surface area contributed by atoms with Gasteiger partial charge < -0.3 is 10.1 Å². The van der Waals surface area contributed by atoms with Gasteiger partial charge in [-0.2, -0.15) is 10.3 Å². The average Bonchev–Trinajstić information content (AvgIpc) is 3.16. The van der Waals surface area contributed by atoms with Crippen LogP contribution in [0.1, 0.15) is 40.8 Å². The molecule has 0 saturated carbocycles. The van der Waals surface area contributed by atoms with Gasteiger partial charge in [0, 0.05) is 11.3 Å². The molecular formula is C41H32Br2N4O4S. The number of nitrogens with one attached hydrogen (secondary N) is 1. The second-order valence-corrected chi connectivity index (χ2v) is 13.8. The summed E-state index contributed by atoms with van der Waals surface area (Å²) in [5, 5.41) is 12.6. The second kappa shape index (κ2) is 18.3. The molecule has 1 aliphatic rings. The van der Waals surface area contributed by atoms with Crippen molar-refractivity contribution in [3.8, 4) is 11.8 Å². The number of carbonyl (C=O) groups excluding carboxylic acids is 3. The molecule has 0 fully saturated rings. The van der Waals surface area contributed by atoms with Crippen molar-refractivity contribution in [3.05, 3.63) is 176 Å². The van der Waals surface area contributed by atoms with E-state index in [4.69, 9.17) is 4.74 Å². The Balaban J connectivity index is 1.40. The van der Waals surface area contributed by atoms with Crippen molar-refractivity contribution >= 4 is 72.6 Å². The van der Waals surface area contributed by atoms with Gasteiger partial charge in [-0.15, -0.1) is 0 Å². The van der Waals surface area contributed by atoms with E-state index in [9.17, 15) is 19.6 Å². The molecule has 4 aromatic carbocycles. The van der Waals surface area contributed by atoms with Crippen LogP contribution in [0.4, 0.5) is 0 Å². The van der Waals surface area contributed by atoms with Crippen molar-refractivity contribution in [1.82, 2.24) is 10.2 Å². The maximum absolute atomic E-state index is 14.1. The molecule has 0 aromatic heterocycles. The van der Waals surface area contributed by atoms with Crippen LogP contribution in [0.2, 0.25) is 0 Å². The molecule has 1 heterocycles. The lowest BCUT2D eigenvalue weighted by atomic mass is 9.99. The predicted octanol–water partition coefficient (Wildman–Crippen LogP) is 9.06. The zero-order valence-electron chi connectivity index (χ0n) is 28.0. The van der Waals surface area contributed by atoms with E-state index in [2.05, 4.69) is 54.8 Å². The van der Waals surface area contributed by atoms with Gasteiger partial charge in [0.15, 0.2) is 5.17 Å². The van der Waals surface area contributed by atoms with Crippen LogP contribution in [0.5, 0.6) is 5.75 Å². The van der Waals surface area contributed by atoms with Crippen molar-refractivity contribution in [1.29, 1.82) is 5.26 Å². The number of amidine groups is 1. The summed E-state index contributed by atoms with van der Waals surface area (Å²) in [5.74, 6) is -1.26. The van der Waals surface area contributed by atoms with E-state index < -0.39 is 17.9 Å². The number of halogens is 2. The lowest BCUT2D eigenvalue weighted by Gasteiger charge is -2.28. The molecule has 1 aliphatic heterocycles. The van der Waals surface area contributed by atoms with E-state index in [0.29, 0.717) is 31.5 Å². The number of rotatable bonds is 12. The number of carbonyl (C=O) groups is 3. The summed E-state index contributed by atoms with van der Waals surface area (Å²) in [6.45, 7) is 5.65. The van der Waals surface area contributed by atoms with E-state index in [1.54, 1.807) is 55.5 Å². The number of ether oxygens (including phenoxy) is 1. The lowest BCUT2D eigenvalue weighted by molar-refractivity contribution is -0.126. The maximum Gasteiger partial charge on any atom is 0.285 e. The lowest BCUT2D eigenvalue weighted by Crippen LogP contribution is -2.42. The first-order valence-electron chi connectivity index (χ1n) is 16.0. The maximum atomic E-state index is 14.1. The fraction of sp³-hybridized carbons (Fsp3) is 0.0976. The molecule has 0 unspecified atom stereocenters. The molecule has 0 aliphatic carbocycles. The summed E-state index contributed by atoms with van der Waals surface area (Å²) in [7, 11) is 0. The Morgan fingerprint density at radius 2 is 1.62 bits per heavy atom. The van der Waals surface area contributed by atoms with Crippen LogP contribution < -0.4 is 10.1 Å². The number of amides is 3. The number of thioether (sulfide) groups is 1. The third-order valence-electron chi connectivity index (χ3n) is 7.75. The van der Waals surface area contributed by atoms with Crippen molar-refractivity contribution in [2.24, 2.45) is 4.99 Å². The zero-order valence-corrected chi connectivity index (χ0v) is 32.0. The van der Waals surface area contributed by atoms with Crippen molar-refractivity contribution in [2.45, 2.75) is 19.6 Å². The second-order valence-electron chi connectivity index (χ2n) is 11.2. The Kier molecular flexibility index (Phi) is 13.3. The summed E-state index contributed by atoms with van der Waals surface area (Å²) in [6.07, 6.45) is 8.10. The van der Waals surface area contributed by atoms with E-state index in [1.165, 1.54) is 11.0 Å². The minimum absolute atomic E-state index is 0.0730. The number of hydrogen-bond donors (Lipinski definition) is 1. The predicted molar refractivity (Wildman–Crippen MR) is 213 cm³/mol. The minimum atomic E-state index is -0.737. The Morgan fingerprint density at radius 3 is 2.21 bits per heavy atom. The Morgan fingerprint density at radius 1 is 1.00 bits per heavy atom. The standard InChI is InChI=1S/C41H32Br2N4O4S/c1-3-5-20-32(4-2)47-40(50)33(21-27-22-34(42)38(35(43)23-27)51-25-31-19-13-12-18-30(31)24-44)39(49)46-41(47)52-26-36(48)45-37(28-14-8-6-9-15-28)29-16-10-7-11-17-29/h3-23,37H,1,25-26H2,2H3,(H,45,48)/b20-5-,32-4+,33-21+. The highest BCUT2D eigenvalue weighted by Crippen LogP contribution is 2.37. The average molecular weight is 837 g/mol. The summed E-state index contributed by atoms with van der Waals surface area (Å²) in [4.78, 5) is 46.7. The van der Waals surface area contributed by atoms with E-state index in [0.717, 1.165) is 28.5 Å². The van der Waals surface area contributed by atoms with Gasteiger partial charge in [0.1, 0.15) is 17.9 Å².